The largest absolute Gasteiger partial charge is 0.370 e. The van der Waals surface area contributed by atoms with Gasteiger partial charge in [0.1, 0.15) is 17.8 Å². The van der Waals surface area contributed by atoms with Crippen molar-refractivity contribution in [2.45, 2.75) is 19.3 Å². The van der Waals surface area contributed by atoms with E-state index in [9.17, 15) is 8.78 Å². The Labute approximate surface area is 80.6 Å². The molecule has 1 fully saturated rings. The molecule has 0 aliphatic heterocycles. The van der Waals surface area contributed by atoms with Crippen LogP contribution in [0.5, 0.6) is 0 Å². The summed E-state index contributed by atoms with van der Waals surface area (Å²) < 4.78 is 24.5. The molecule has 0 atom stereocenters. The van der Waals surface area contributed by atoms with Crippen LogP contribution in [-0.4, -0.2) is 16.5 Å². The average Bonchev–Trinajstić information content (AvgIpc) is 2.99. The molecule has 1 N–H and O–H groups in total. The van der Waals surface area contributed by atoms with Crippen molar-refractivity contribution >= 4 is 5.82 Å². The number of alkyl halides is 2. The van der Waals surface area contributed by atoms with Crippen molar-refractivity contribution in [3.63, 3.8) is 0 Å². The molecule has 2 rings (SSSR count). The van der Waals surface area contributed by atoms with Crippen molar-refractivity contribution in [3.05, 3.63) is 18.1 Å². The van der Waals surface area contributed by atoms with Crippen molar-refractivity contribution in [1.29, 1.82) is 0 Å². The normalized spacial score (nSPS) is 15.9. The monoisotopic (exact) mass is 199 g/mol. The molecular formula is C9H11F2N3. The lowest BCUT2D eigenvalue weighted by Crippen LogP contribution is -2.06. The summed E-state index contributed by atoms with van der Waals surface area (Å²) in [5.41, 5.74) is -0.224. The smallest absolute Gasteiger partial charge is 0.280 e. The molecule has 0 bridgehead atoms. The molecular weight excluding hydrogens is 188 g/mol. The highest BCUT2D eigenvalue weighted by molar-refractivity contribution is 5.35. The van der Waals surface area contributed by atoms with Gasteiger partial charge in [0.15, 0.2) is 0 Å². The van der Waals surface area contributed by atoms with Crippen LogP contribution >= 0.6 is 0 Å². The van der Waals surface area contributed by atoms with Crippen molar-refractivity contribution < 1.29 is 8.78 Å². The average molecular weight is 199 g/mol. The number of aromatic nitrogens is 2. The Morgan fingerprint density at radius 2 is 2.21 bits per heavy atom. The van der Waals surface area contributed by atoms with Gasteiger partial charge < -0.3 is 5.32 Å². The molecule has 1 aliphatic rings. The minimum Gasteiger partial charge on any atom is -0.370 e. The summed E-state index contributed by atoms with van der Waals surface area (Å²) >= 11 is 0. The van der Waals surface area contributed by atoms with Gasteiger partial charge in [-0.3, -0.25) is 0 Å². The molecule has 0 spiro atoms. The lowest BCUT2D eigenvalue weighted by Gasteiger charge is -2.05. The SMILES string of the molecule is FC(F)c1cc(NCC2CC2)ncn1. The fraction of sp³-hybridized carbons (Fsp3) is 0.556. The molecule has 1 aliphatic carbocycles. The first kappa shape index (κ1) is 9.30. The maximum atomic E-state index is 12.2. The van der Waals surface area contributed by atoms with Gasteiger partial charge >= 0.3 is 0 Å². The van der Waals surface area contributed by atoms with Gasteiger partial charge in [0, 0.05) is 12.6 Å². The van der Waals surface area contributed by atoms with E-state index in [-0.39, 0.29) is 5.69 Å². The molecule has 5 heteroatoms. The number of anilines is 1. The fourth-order valence-electron chi connectivity index (χ4n) is 1.16. The minimum atomic E-state index is -2.53. The molecule has 0 aromatic carbocycles. The van der Waals surface area contributed by atoms with Crippen molar-refractivity contribution in [2.24, 2.45) is 5.92 Å². The van der Waals surface area contributed by atoms with Crippen LogP contribution in [0.25, 0.3) is 0 Å². The predicted octanol–water partition coefficient (Wildman–Crippen LogP) is 2.24. The van der Waals surface area contributed by atoms with E-state index in [1.807, 2.05) is 0 Å². The van der Waals surface area contributed by atoms with E-state index < -0.39 is 6.43 Å². The third kappa shape index (κ3) is 2.37. The topological polar surface area (TPSA) is 37.8 Å². The van der Waals surface area contributed by atoms with E-state index in [0.29, 0.717) is 11.7 Å². The summed E-state index contributed by atoms with van der Waals surface area (Å²) in [6.07, 6.45) is 1.08. The predicted molar refractivity (Wildman–Crippen MR) is 48.2 cm³/mol. The number of hydrogen-bond donors (Lipinski definition) is 1. The van der Waals surface area contributed by atoms with Crippen LogP contribution in [0.15, 0.2) is 12.4 Å². The molecule has 1 aromatic rings. The minimum absolute atomic E-state index is 0.224. The number of nitrogens with zero attached hydrogens (tertiary/aromatic N) is 2. The van der Waals surface area contributed by atoms with Gasteiger partial charge in [-0.05, 0) is 18.8 Å². The Kier molecular flexibility index (Phi) is 2.56. The molecule has 1 saturated carbocycles. The van der Waals surface area contributed by atoms with E-state index in [2.05, 4.69) is 15.3 Å². The lowest BCUT2D eigenvalue weighted by atomic mass is 10.4. The van der Waals surface area contributed by atoms with E-state index in [1.54, 1.807) is 0 Å². The molecule has 0 saturated heterocycles. The zero-order chi connectivity index (χ0) is 9.97. The van der Waals surface area contributed by atoms with Crippen LogP contribution < -0.4 is 5.32 Å². The fourth-order valence-corrected chi connectivity index (χ4v) is 1.16. The number of halogens is 2. The first-order valence-electron chi connectivity index (χ1n) is 4.59. The number of hydrogen-bond acceptors (Lipinski definition) is 3. The molecule has 0 radical (unpaired) electrons. The number of nitrogens with one attached hydrogen (secondary N) is 1. The zero-order valence-corrected chi connectivity index (χ0v) is 7.58. The van der Waals surface area contributed by atoms with Crippen molar-refractivity contribution in [2.75, 3.05) is 11.9 Å². The van der Waals surface area contributed by atoms with Gasteiger partial charge in [0.25, 0.3) is 6.43 Å². The van der Waals surface area contributed by atoms with Crippen LogP contribution in [-0.2, 0) is 0 Å². The Bertz CT molecular complexity index is 313. The maximum Gasteiger partial charge on any atom is 0.280 e. The second-order valence-corrected chi connectivity index (χ2v) is 3.45. The lowest BCUT2D eigenvalue weighted by molar-refractivity contribution is 0.146. The summed E-state index contributed by atoms with van der Waals surface area (Å²) in [6, 6.07) is 1.30. The summed E-state index contributed by atoms with van der Waals surface area (Å²) in [4.78, 5) is 7.35. The van der Waals surface area contributed by atoms with Gasteiger partial charge in [0.05, 0.1) is 0 Å². The van der Waals surface area contributed by atoms with Crippen LogP contribution in [0, 0.1) is 5.92 Å². The highest BCUT2D eigenvalue weighted by Gasteiger charge is 2.20. The molecule has 0 amide bonds. The summed E-state index contributed by atoms with van der Waals surface area (Å²) in [5, 5.41) is 3.02. The summed E-state index contributed by atoms with van der Waals surface area (Å²) in [5.74, 6) is 1.18. The summed E-state index contributed by atoms with van der Waals surface area (Å²) in [7, 11) is 0. The highest BCUT2D eigenvalue weighted by atomic mass is 19.3. The van der Waals surface area contributed by atoms with Crippen LogP contribution in [0.4, 0.5) is 14.6 Å². The van der Waals surface area contributed by atoms with Crippen molar-refractivity contribution in [3.8, 4) is 0 Å². The molecule has 14 heavy (non-hydrogen) atoms. The maximum absolute atomic E-state index is 12.2. The Hall–Kier alpha value is -1.26. The third-order valence-electron chi connectivity index (χ3n) is 2.18. The van der Waals surface area contributed by atoms with Crippen LogP contribution in [0.1, 0.15) is 25.0 Å². The highest BCUT2D eigenvalue weighted by Crippen LogP contribution is 2.28. The molecule has 1 heterocycles. The Balaban J connectivity index is 1.97. The van der Waals surface area contributed by atoms with Gasteiger partial charge in [-0.2, -0.15) is 0 Å². The molecule has 0 unspecified atom stereocenters. The first-order chi connectivity index (χ1) is 6.75. The first-order valence-corrected chi connectivity index (χ1v) is 4.59. The second kappa shape index (κ2) is 3.86. The second-order valence-electron chi connectivity index (χ2n) is 3.45. The third-order valence-corrected chi connectivity index (χ3v) is 2.18. The van der Waals surface area contributed by atoms with Gasteiger partial charge in [0.2, 0.25) is 0 Å². The standard InChI is InChI=1S/C9H11F2N3/c10-9(11)7-3-8(14-5-13-7)12-4-6-1-2-6/h3,5-6,9H,1-2,4H2,(H,12,13,14). The Morgan fingerprint density at radius 1 is 1.43 bits per heavy atom. The summed E-state index contributed by atoms with van der Waals surface area (Å²) in [6.45, 7) is 0.819. The number of rotatable bonds is 4. The van der Waals surface area contributed by atoms with E-state index >= 15 is 0 Å². The van der Waals surface area contributed by atoms with Gasteiger partial charge in [-0.25, -0.2) is 18.7 Å². The van der Waals surface area contributed by atoms with E-state index in [4.69, 9.17) is 0 Å². The van der Waals surface area contributed by atoms with Gasteiger partial charge in [-0.15, -0.1) is 0 Å². The van der Waals surface area contributed by atoms with Crippen LogP contribution in [0.2, 0.25) is 0 Å². The molecule has 76 valence electrons. The Morgan fingerprint density at radius 3 is 2.86 bits per heavy atom. The quantitative estimate of drug-likeness (QED) is 0.808. The van der Waals surface area contributed by atoms with Crippen molar-refractivity contribution in [1.82, 2.24) is 9.97 Å². The van der Waals surface area contributed by atoms with E-state index in [1.165, 1.54) is 18.9 Å². The van der Waals surface area contributed by atoms with Crippen LogP contribution in [0.3, 0.4) is 0 Å². The zero-order valence-electron chi connectivity index (χ0n) is 7.58. The van der Waals surface area contributed by atoms with Gasteiger partial charge in [-0.1, -0.05) is 0 Å². The molecule has 3 nitrogen and oxygen atoms in total. The molecule has 1 aromatic heterocycles. The van der Waals surface area contributed by atoms with E-state index in [0.717, 1.165) is 12.9 Å².